The van der Waals surface area contributed by atoms with E-state index in [2.05, 4.69) is 83.1 Å². The van der Waals surface area contributed by atoms with E-state index in [4.69, 9.17) is 31.6 Å². The van der Waals surface area contributed by atoms with Crippen LogP contribution in [0.1, 0.15) is 83.1 Å². The van der Waals surface area contributed by atoms with Gasteiger partial charge in [-0.2, -0.15) is 0 Å². The van der Waals surface area contributed by atoms with Crippen molar-refractivity contribution in [2.24, 2.45) is 0 Å². The molecule has 10 heteroatoms. The Morgan fingerprint density at radius 2 is 0.400 bits per heavy atom. The van der Waals surface area contributed by atoms with Crippen LogP contribution in [-0.4, -0.2) is 92.0 Å². The molecule has 0 aliphatic carbocycles. The van der Waals surface area contributed by atoms with Crippen LogP contribution in [0.25, 0.3) is 0 Å². The third kappa shape index (κ3) is 10.4. The van der Waals surface area contributed by atoms with Gasteiger partial charge in [0.2, 0.25) is 0 Å². The zero-order valence-electron chi connectivity index (χ0n) is 27.9. The summed E-state index contributed by atoms with van der Waals surface area (Å²) in [6.07, 6.45) is 0. The Kier molecular flexibility index (Phi) is 21.6. The van der Waals surface area contributed by atoms with Crippen LogP contribution in [0, 0.1) is 61.2 Å². The molecule has 0 fully saturated rings. The van der Waals surface area contributed by atoms with E-state index in [1.54, 1.807) is 0 Å². The van der Waals surface area contributed by atoms with Crippen LogP contribution in [0.2, 0.25) is 0 Å². The van der Waals surface area contributed by atoms with E-state index in [1.807, 2.05) is 0 Å². The molecule has 9 nitrogen and oxygen atoms in total. The van der Waals surface area contributed by atoms with Crippen molar-refractivity contribution in [1.29, 1.82) is 31.6 Å². The summed E-state index contributed by atoms with van der Waals surface area (Å²) < 4.78 is 3.83. The van der Waals surface area contributed by atoms with Gasteiger partial charge in [-0.25, -0.2) is 0 Å². The predicted octanol–water partition coefficient (Wildman–Crippen LogP) is 5.75. The molecule has 0 amide bonds. The Morgan fingerprint density at radius 1 is 0.300 bits per heavy atom. The Labute approximate surface area is 246 Å². The first-order chi connectivity index (χ1) is 18.7. The van der Waals surface area contributed by atoms with Crippen LogP contribution < -0.4 is 0 Å². The Bertz CT molecular complexity index is 737. The van der Waals surface area contributed by atoms with E-state index in [9.17, 15) is 0 Å². The van der Waals surface area contributed by atoms with Crippen LogP contribution in [-0.2, 0) is 10.9 Å². The normalized spacial score (nSPS) is 12.4. The summed E-state index contributed by atoms with van der Waals surface area (Å²) in [6.45, 7) is 42.7. The Hall–Kier alpha value is -2.65. The molecule has 40 heavy (non-hydrogen) atoms. The molecule has 0 aliphatic heterocycles. The van der Waals surface area contributed by atoms with E-state index in [0.29, 0.717) is 0 Å². The van der Waals surface area contributed by atoms with E-state index < -0.39 is 10.9 Å². The van der Waals surface area contributed by atoms with E-state index in [1.165, 1.54) is 92.0 Å². The standard InChI is InChI=1S/3C8H20N.6CN.Cr/c3*1-5-9(6-2,7-3)8-4;6*1-2;/h3*5-8H2,1-4H3;;;;;;;/q3*+1;;;;;;;-3. The molecule has 0 aliphatic rings. The maximum atomic E-state index is 8.59. The van der Waals surface area contributed by atoms with Crippen LogP contribution in [0.4, 0.5) is 0 Å². The molecule has 0 bridgehead atoms. The number of hydrogen-bond donors (Lipinski definition) is 0. The van der Waals surface area contributed by atoms with Crippen LogP contribution >= 0.6 is 0 Å². The molecule has 0 rings (SSSR count). The minimum atomic E-state index is -6.43. The molecule has 0 unspecified atom stereocenters. The molecule has 0 saturated heterocycles. The maximum absolute atomic E-state index is 8.59. The van der Waals surface area contributed by atoms with Gasteiger partial charge in [0, 0.05) is 0 Å². The summed E-state index contributed by atoms with van der Waals surface area (Å²) >= 11 is 0. The van der Waals surface area contributed by atoms with Crippen molar-refractivity contribution in [3.63, 3.8) is 0 Å². The van der Waals surface area contributed by atoms with Crippen molar-refractivity contribution >= 4 is 0 Å². The van der Waals surface area contributed by atoms with Gasteiger partial charge in [0.1, 0.15) is 0 Å². The molecule has 0 atom stereocenters. The zero-order chi connectivity index (χ0) is 32.6. The number of rotatable bonds is 12. The van der Waals surface area contributed by atoms with Gasteiger partial charge in [-0.15, -0.1) is 0 Å². The summed E-state index contributed by atoms with van der Waals surface area (Å²) in [5.74, 6) is 0. The summed E-state index contributed by atoms with van der Waals surface area (Å²) in [4.78, 5) is 6.31. The fourth-order valence-corrected chi connectivity index (χ4v) is 5.29. The topological polar surface area (TPSA) is 143 Å². The molecule has 0 radical (unpaired) electrons. The second kappa shape index (κ2) is 19.4. The van der Waals surface area contributed by atoms with E-state index in [0.717, 1.165) is 29.6 Å². The molecular formula is C30H60CrN9. The van der Waals surface area contributed by atoms with Gasteiger partial charge in [0.25, 0.3) is 0 Å². The number of nitrogens with zero attached hydrogens (tertiary/aromatic N) is 9. The molecule has 0 heterocycles. The van der Waals surface area contributed by atoms with E-state index in [-0.39, 0.29) is 0 Å². The molecule has 0 saturated carbocycles. The SMILES string of the molecule is CC[N+](CC)(CC)CC.CC[N+](CC)(CC)CC.CC[N+](CC)(CC)CC.N#[C][Cr-3]([C]#N)([C]#N)([C]#N)([C]#N)[C]#N. The second-order valence-electron chi connectivity index (χ2n) is 9.90. The number of quaternary nitrogens is 3. The van der Waals surface area contributed by atoms with Gasteiger partial charge in [0.15, 0.2) is 0 Å². The molecule has 0 aromatic heterocycles. The summed E-state index contributed by atoms with van der Waals surface area (Å²) in [7, 11) is -6.43. The van der Waals surface area contributed by atoms with Gasteiger partial charge in [-0.3, -0.25) is 0 Å². The summed E-state index contributed by atoms with van der Waals surface area (Å²) in [6, 6.07) is 0. The average Bonchev–Trinajstić information content (AvgIpc) is 3.05. The molecule has 0 N–H and O–H groups in total. The van der Waals surface area contributed by atoms with Crippen molar-refractivity contribution in [3.8, 4) is 29.6 Å². The van der Waals surface area contributed by atoms with Crippen molar-refractivity contribution < 1.29 is 24.4 Å². The third-order valence-electron chi connectivity index (χ3n) is 9.42. The van der Waals surface area contributed by atoms with Crippen LogP contribution in [0.5, 0.6) is 0 Å². The monoisotopic (exact) mass is 598 g/mol. The van der Waals surface area contributed by atoms with Crippen LogP contribution in [0.15, 0.2) is 0 Å². The van der Waals surface area contributed by atoms with Crippen molar-refractivity contribution in [2.45, 2.75) is 83.1 Å². The molecule has 0 aromatic carbocycles. The summed E-state index contributed by atoms with van der Waals surface area (Å²) in [5, 5.41) is 51.5. The van der Waals surface area contributed by atoms with E-state index >= 15 is 0 Å². The molecule has 0 spiro atoms. The van der Waals surface area contributed by atoms with Crippen molar-refractivity contribution in [3.05, 3.63) is 0 Å². The van der Waals surface area contributed by atoms with Crippen molar-refractivity contribution in [1.82, 2.24) is 0 Å². The molecular weight excluding hydrogens is 538 g/mol. The minimum absolute atomic E-state index is 1.05. The quantitative estimate of drug-likeness (QED) is 0.262. The van der Waals surface area contributed by atoms with Gasteiger partial charge in [-0.05, 0) is 83.1 Å². The first-order valence-electron chi connectivity index (χ1n) is 14.8. The van der Waals surface area contributed by atoms with Crippen molar-refractivity contribution in [2.75, 3.05) is 78.5 Å². The van der Waals surface area contributed by atoms with Gasteiger partial charge >= 0.3 is 72.1 Å². The fourth-order valence-electron chi connectivity index (χ4n) is 4.33. The zero-order valence-corrected chi connectivity index (χ0v) is 29.2. The molecule has 0 aromatic rings. The fraction of sp³-hybridized carbons (Fsp3) is 0.800. The second-order valence-corrected chi connectivity index (χ2v) is 16.4. The predicted molar refractivity (Wildman–Crippen MR) is 161 cm³/mol. The molecule has 231 valence electrons. The number of hydrogen-bond acceptors (Lipinski definition) is 6. The first-order valence-corrected chi connectivity index (χ1v) is 18.7. The van der Waals surface area contributed by atoms with Gasteiger partial charge in [-0.1, -0.05) is 0 Å². The third-order valence-corrected chi connectivity index (χ3v) is 13.7. The van der Waals surface area contributed by atoms with Gasteiger partial charge < -0.3 is 13.4 Å². The average molecular weight is 599 g/mol. The number of nitriles is 6. The van der Waals surface area contributed by atoms with Gasteiger partial charge in [0.05, 0.1) is 78.5 Å². The Morgan fingerprint density at radius 3 is 0.400 bits per heavy atom. The summed E-state index contributed by atoms with van der Waals surface area (Å²) in [5.41, 5.74) is 0. The van der Waals surface area contributed by atoms with Crippen LogP contribution in [0.3, 0.4) is 0 Å². The Balaban J connectivity index is -0.000000219. The first kappa shape index (κ1) is 44.4.